The molecule has 6 nitrogen and oxygen atoms in total. The third-order valence-corrected chi connectivity index (χ3v) is 7.75. The summed E-state index contributed by atoms with van der Waals surface area (Å²) in [7, 11) is 3.55. The summed E-state index contributed by atoms with van der Waals surface area (Å²) in [5, 5.41) is 5.75. The molecule has 1 aromatic heterocycles. The summed E-state index contributed by atoms with van der Waals surface area (Å²) in [4.78, 5) is 18.6. The number of nitrogens with zero attached hydrogens (tertiary/aromatic N) is 5. The molecule has 1 aliphatic heterocycles. The van der Waals surface area contributed by atoms with E-state index in [0.29, 0.717) is 21.7 Å². The van der Waals surface area contributed by atoms with Crippen LogP contribution in [-0.2, 0) is 0 Å². The van der Waals surface area contributed by atoms with Crippen LogP contribution in [0.5, 0.6) is 0 Å². The summed E-state index contributed by atoms with van der Waals surface area (Å²) >= 11 is 12.6. The monoisotopic (exact) mass is 477 g/mol. The van der Waals surface area contributed by atoms with Gasteiger partial charge in [0.2, 0.25) is 0 Å². The van der Waals surface area contributed by atoms with Gasteiger partial charge in [0.1, 0.15) is 0 Å². The quantitative estimate of drug-likeness (QED) is 0.597. The lowest BCUT2D eigenvalue weighted by atomic mass is 9.84. The van der Waals surface area contributed by atoms with E-state index in [4.69, 9.17) is 23.2 Å². The van der Waals surface area contributed by atoms with Gasteiger partial charge in [0, 0.05) is 46.5 Å². The van der Waals surface area contributed by atoms with E-state index in [1.54, 1.807) is 25.2 Å². The number of rotatable bonds is 6. The molecular formula is C24H33Cl2N5O. The molecule has 0 spiro atoms. The summed E-state index contributed by atoms with van der Waals surface area (Å²) in [5.41, 5.74) is 1.72. The van der Waals surface area contributed by atoms with Crippen LogP contribution < -0.4 is 4.90 Å². The Kier molecular flexibility index (Phi) is 7.64. The van der Waals surface area contributed by atoms with Crippen LogP contribution in [0.15, 0.2) is 30.6 Å². The molecule has 174 valence electrons. The van der Waals surface area contributed by atoms with Crippen molar-refractivity contribution in [3.05, 3.63) is 46.2 Å². The van der Waals surface area contributed by atoms with Crippen LogP contribution in [-0.4, -0.2) is 72.3 Å². The van der Waals surface area contributed by atoms with Crippen molar-refractivity contribution in [2.24, 2.45) is 5.92 Å². The van der Waals surface area contributed by atoms with Gasteiger partial charge in [-0.05, 0) is 56.7 Å². The van der Waals surface area contributed by atoms with E-state index in [9.17, 15) is 4.79 Å². The van der Waals surface area contributed by atoms with Gasteiger partial charge in [-0.2, -0.15) is 5.10 Å². The topological polar surface area (TPSA) is 44.6 Å². The second kappa shape index (κ2) is 10.4. The zero-order valence-electron chi connectivity index (χ0n) is 19.0. The number of carbonyl (C=O) groups excluding carboxylic acids is 1. The average Bonchev–Trinajstić information content (AvgIpc) is 3.30. The number of anilines is 1. The molecule has 0 bridgehead atoms. The van der Waals surface area contributed by atoms with E-state index in [0.717, 1.165) is 57.2 Å². The normalized spacial score (nSPS) is 22.2. The Balaban J connectivity index is 1.19. The van der Waals surface area contributed by atoms with Gasteiger partial charge in [-0.15, -0.1) is 0 Å². The molecule has 1 aliphatic carbocycles. The lowest BCUT2D eigenvalue weighted by Crippen LogP contribution is -2.47. The number of carbonyl (C=O) groups is 1. The zero-order valence-corrected chi connectivity index (χ0v) is 20.5. The lowest BCUT2D eigenvalue weighted by Gasteiger charge is -2.37. The Morgan fingerprint density at radius 2 is 1.81 bits per heavy atom. The number of benzene rings is 1. The Labute approximate surface area is 201 Å². The maximum atomic E-state index is 12.1. The number of hydrogen-bond donors (Lipinski definition) is 0. The van der Waals surface area contributed by atoms with Gasteiger partial charge in [0.05, 0.1) is 33.5 Å². The van der Waals surface area contributed by atoms with Crippen molar-refractivity contribution in [1.82, 2.24) is 19.6 Å². The van der Waals surface area contributed by atoms with Gasteiger partial charge in [0.15, 0.2) is 0 Å². The third kappa shape index (κ3) is 5.41. The van der Waals surface area contributed by atoms with Crippen LogP contribution in [0.25, 0.3) is 0 Å². The molecule has 0 atom stereocenters. The van der Waals surface area contributed by atoms with Gasteiger partial charge < -0.3 is 9.80 Å². The van der Waals surface area contributed by atoms with Gasteiger partial charge in [-0.25, -0.2) is 0 Å². The summed E-state index contributed by atoms with van der Waals surface area (Å²) < 4.78 is 2.01. The predicted octanol–water partition coefficient (Wildman–Crippen LogP) is 4.84. The fraction of sp³-hybridized carbons (Fsp3) is 0.583. The maximum absolute atomic E-state index is 12.1. The molecule has 2 heterocycles. The number of piperazine rings is 1. The van der Waals surface area contributed by atoms with E-state index in [1.165, 1.54) is 19.3 Å². The van der Waals surface area contributed by atoms with Crippen molar-refractivity contribution in [1.29, 1.82) is 0 Å². The molecule has 32 heavy (non-hydrogen) atoms. The third-order valence-electron chi connectivity index (χ3n) is 6.94. The maximum Gasteiger partial charge on any atom is 0.256 e. The second-order valence-corrected chi connectivity index (χ2v) is 10.1. The fourth-order valence-corrected chi connectivity index (χ4v) is 5.33. The zero-order chi connectivity index (χ0) is 22.7. The molecule has 1 aromatic carbocycles. The molecule has 0 unspecified atom stereocenters. The minimum Gasteiger partial charge on any atom is -0.368 e. The van der Waals surface area contributed by atoms with E-state index in [-0.39, 0.29) is 5.91 Å². The standard InChI is InChI=1S/C24H33Cl2N5O/c1-28(2)24(32)19-16-27-31(17-19)20-8-6-18(7-9-20)10-11-29-12-14-30(15-13-29)22-5-3-4-21(25)23(22)26/h3-5,16-18,20H,6-15H2,1-2H3. The van der Waals surface area contributed by atoms with Crippen molar-refractivity contribution < 1.29 is 4.79 Å². The van der Waals surface area contributed by atoms with Crippen molar-refractivity contribution in [2.75, 3.05) is 51.7 Å². The average molecular weight is 478 g/mol. The highest BCUT2D eigenvalue weighted by molar-refractivity contribution is 6.43. The van der Waals surface area contributed by atoms with Crippen molar-refractivity contribution in [3.8, 4) is 0 Å². The van der Waals surface area contributed by atoms with Crippen LogP contribution >= 0.6 is 23.2 Å². The minimum atomic E-state index is 0.0164. The van der Waals surface area contributed by atoms with Crippen LogP contribution in [0, 0.1) is 5.92 Å². The molecule has 2 fully saturated rings. The summed E-state index contributed by atoms with van der Waals surface area (Å²) in [6.07, 6.45) is 9.63. The first-order chi connectivity index (χ1) is 15.4. The molecule has 4 rings (SSSR count). The highest BCUT2D eigenvalue weighted by Crippen LogP contribution is 2.35. The van der Waals surface area contributed by atoms with Crippen molar-refractivity contribution in [2.45, 2.75) is 38.1 Å². The van der Waals surface area contributed by atoms with Gasteiger partial charge in [0.25, 0.3) is 5.91 Å². The second-order valence-electron chi connectivity index (χ2n) is 9.27. The first-order valence-electron chi connectivity index (χ1n) is 11.6. The Morgan fingerprint density at radius 3 is 2.50 bits per heavy atom. The van der Waals surface area contributed by atoms with E-state index >= 15 is 0 Å². The first kappa shape index (κ1) is 23.4. The summed E-state index contributed by atoms with van der Waals surface area (Å²) in [5.74, 6) is 0.799. The van der Waals surface area contributed by atoms with Gasteiger partial charge in [-0.3, -0.25) is 14.4 Å². The van der Waals surface area contributed by atoms with E-state index in [2.05, 4.69) is 21.0 Å². The first-order valence-corrected chi connectivity index (χ1v) is 12.3. The number of hydrogen-bond acceptors (Lipinski definition) is 4. The minimum absolute atomic E-state index is 0.0164. The Bertz CT molecular complexity index is 915. The molecular weight excluding hydrogens is 445 g/mol. The molecule has 1 saturated carbocycles. The molecule has 8 heteroatoms. The molecule has 2 aliphatic rings. The molecule has 0 N–H and O–H groups in total. The van der Waals surface area contributed by atoms with Crippen molar-refractivity contribution >= 4 is 34.8 Å². The van der Waals surface area contributed by atoms with E-state index in [1.807, 2.05) is 23.0 Å². The SMILES string of the molecule is CN(C)C(=O)c1cnn(C2CCC(CCN3CCN(c4cccc(Cl)c4Cl)CC3)CC2)c1. The molecule has 1 amide bonds. The number of aromatic nitrogens is 2. The van der Waals surface area contributed by atoms with E-state index < -0.39 is 0 Å². The number of halogens is 2. The predicted molar refractivity (Wildman–Crippen MR) is 131 cm³/mol. The summed E-state index contributed by atoms with van der Waals surface area (Å²) in [6.45, 7) is 5.26. The van der Waals surface area contributed by atoms with Gasteiger partial charge >= 0.3 is 0 Å². The fourth-order valence-electron chi connectivity index (χ4n) is 4.92. The van der Waals surface area contributed by atoms with Crippen LogP contribution in [0.4, 0.5) is 5.69 Å². The summed E-state index contributed by atoms with van der Waals surface area (Å²) in [6, 6.07) is 6.28. The Morgan fingerprint density at radius 1 is 1.09 bits per heavy atom. The highest BCUT2D eigenvalue weighted by atomic mass is 35.5. The lowest BCUT2D eigenvalue weighted by molar-refractivity contribution is 0.0827. The highest BCUT2D eigenvalue weighted by Gasteiger charge is 2.25. The van der Waals surface area contributed by atoms with Crippen molar-refractivity contribution in [3.63, 3.8) is 0 Å². The molecule has 2 aromatic rings. The smallest absolute Gasteiger partial charge is 0.256 e. The molecule has 0 radical (unpaired) electrons. The Hall–Kier alpha value is -1.76. The van der Waals surface area contributed by atoms with Gasteiger partial charge in [-0.1, -0.05) is 29.3 Å². The van der Waals surface area contributed by atoms with Crippen LogP contribution in [0.1, 0.15) is 48.5 Å². The van der Waals surface area contributed by atoms with Crippen LogP contribution in [0.3, 0.4) is 0 Å². The number of amides is 1. The largest absolute Gasteiger partial charge is 0.368 e. The molecule has 1 saturated heterocycles. The van der Waals surface area contributed by atoms with Crippen LogP contribution in [0.2, 0.25) is 10.0 Å².